The molecule has 2 atom stereocenters. The van der Waals surface area contributed by atoms with Crippen LogP contribution in [0, 0.1) is 0 Å². The molecule has 0 aromatic carbocycles. The number of rotatable bonds is 4. The molecule has 0 fully saturated rings. The Morgan fingerprint density at radius 1 is 1.64 bits per heavy atom. The molecule has 1 amide bonds. The van der Waals surface area contributed by atoms with E-state index in [9.17, 15) is 4.79 Å². The van der Waals surface area contributed by atoms with Crippen LogP contribution in [0.2, 0.25) is 0 Å². The first-order valence-corrected chi connectivity index (χ1v) is 3.75. The summed E-state index contributed by atoms with van der Waals surface area (Å²) in [5, 5.41) is 11.4. The number of aliphatic hydroxyl groups is 1. The molecule has 0 aliphatic heterocycles. The van der Waals surface area contributed by atoms with E-state index in [0.717, 1.165) is 0 Å². The smallest absolute Gasteiger partial charge is 0.236 e. The van der Waals surface area contributed by atoms with Gasteiger partial charge in [-0.2, -0.15) is 0 Å². The largest absolute Gasteiger partial charge is 0.393 e. The van der Waals surface area contributed by atoms with E-state index in [4.69, 9.17) is 10.8 Å². The van der Waals surface area contributed by atoms with Gasteiger partial charge in [0.2, 0.25) is 5.91 Å². The lowest BCUT2D eigenvalue weighted by atomic mass is 10.3. The van der Waals surface area contributed by atoms with Crippen molar-refractivity contribution in [3.63, 3.8) is 0 Å². The third kappa shape index (κ3) is 5.82. The Hall–Kier alpha value is -0.610. The summed E-state index contributed by atoms with van der Waals surface area (Å²) in [5.74, 6) is -0.175. The van der Waals surface area contributed by atoms with E-state index in [1.807, 2.05) is 0 Å². The van der Waals surface area contributed by atoms with Crippen molar-refractivity contribution in [2.45, 2.75) is 32.4 Å². The number of amides is 1. The molecule has 4 heteroatoms. The van der Waals surface area contributed by atoms with Crippen molar-refractivity contribution in [1.82, 2.24) is 5.32 Å². The predicted molar refractivity (Wildman–Crippen MR) is 43.0 cm³/mol. The number of aliphatic hydroxyl groups excluding tert-OH is 1. The van der Waals surface area contributed by atoms with Gasteiger partial charge in [-0.15, -0.1) is 0 Å². The van der Waals surface area contributed by atoms with Crippen LogP contribution in [-0.4, -0.2) is 29.7 Å². The maximum Gasteiger partial charge on any atom is 0.236 e. The first kappa shape index (κ1) is 10.4. The van der Waals surface area contributed by atoms with Gasteiger partial charge < -0.3 is 16.2 Å². The third-order valence-corrected chi connectivity index (χ3v) is 1.27. The molecule has 11 heavy (non-hydrogen) atoms. The number of hydrogen-bond acceptors (Lipinski definition) is 3. The second kappa shape index (κ2) is 5.09. The average Bonchev–Trinajstić information content (AvgIpc) is 1.86. The van der Waals surface area contributed by atoms with Crippen molar-refractivity contribution < 1.29 is 9.90 Å². The van der Waals surface area contributed by atoms with Crippen LogP contribution in [0.3, 0.4) is 0 Å². The van der Waals surface area contributed by atoms with Gasteiger partial charge in [0.05, 0.1) is 12.1 Å². The van der Waals surface area contributed by atoms with E-state index < -0.39 is 6.04 Å². The van der Waals surface area contributed by atoms with E-state index >= 15 is 0 Å². The zero-order valence-electron chi connectivity index (χ0n) is 7.00. The molecule has 0 aromatic heterocycles. The average molecular weight is 160 g/mol. The van der Waals surface area contributed by atoms with Gasteiger partial charge in [-0.3, -0.25) is 4.79 Å². The molecule has 0 aliphatic carbocycles. The molecule has 4 nitrogen and oxygen atoms in total. The van der Waals surface area contributed by atoms with Crippen molar-refractivity contribution >= 4 is 5.91 Å². The topological polar surface area (TPSA) is 75.3 Å². The van der Waals surface area contributed by atoms with Crippen molar-refractivity contribution in [1.29, 1.82) is 0 Å². The number of carbonyl (C=O) groups is 1. The standard InChI is InChI=1S/C7H16N2O2/c1-5(10)3-4-9-7(11)6(2)8/h5-6,10H,3-4,8H2,1-2H3,(H,9,11)/t5-,6-/m1/s1. The van der Waals surface area contributed by atoms with Crippen LogP contribution >= 0.6 is 0 Å². The maximum atomic E-state index is 10.8. The lowest BCUT2D eigenvalue weighted by molar-refractivity contribution is -0.122. The highest BCUT2D eigenvalue weighted by molar-refractivity contribution is 5.80. The van der Waals surface area contributed by atoms with Gasteiger partial charge >= 0.3 is 0 Å². The fourth-order valence-corrected chi connectivity index (χ4v) is 0.565. The highest BCUT2D eigenvalue weighted by atomic mass is 16.3. The lowest BCUT2D eigenvalue weighted by Crippen LogP contribution is -2.39. The van der Waals surface area contributed by atoms with Gasteiger partial charge in [0.15, 0.2) is 0 Å². The fourth-order valence-electron chi connectivity index (χ4n) is 0.565. The predicted octanol–water partition coefficient (Wildman–Crippen LogP) is -0.779. The zero-order valence-corrected chi connectivity index (χ0v) is 7.00. The third-order valence-electron chi connectivity index (χ3n) is 1.27. The highest BCUT2D eigenvalue weighted by Crippen LogP contribution is 1.86. The molecule has 0 heterocycles. The van der Waals surface area contributed by atoms with Gasteiger partial charge in [0, 0.05) is 6.54 Å². The molecule has 0 aliphatic rings. The minimum Gasteiger partial charge on any atom is -0.393 e. The first-order valence-electron chi connectivity index (χ1n) is 3.75. The number of hydrogen-bond donors (Lipinski definition) is 3. The summed E-state index contributed by atoms with van der Waals surface area (Å²) in [5.41, 5.74) is 5.28. The molecule has 4 N–H and O–H groups in total. The quantitative estimate of drug-likeness (QED) is 0.505. The summed E-state index contributed by atoms with van der Waals surface area (Å²) in [7, 11) is 0. The van der Waals surface area contributed by atoms with E-state index in [0.29, 0.717) is 13.0 Å². The molecular formula is C7H16N2O2. The van der Waals surface area contributed by atoms with Crippen molar-refractivity contribution in [2.24, 2.45) is 5.73 Å². The first-order chi connectivity index (χ1) is 5.04. The van der Waals surface area contributed by atoms with Gasteiger partial charge in [0.25, 0.3) is 0 Å². The molecular weight excluding hydrogens is 144 g/mol. The van der Waals surface area contributed by atoms with Crippen molar-refractivity contribution in [3.8, 4) is 0 Å². The van der Waals surface area contributed by atoms with Crippen LogP contribution < -0.4 is 11.1 Å². The van der Waals surface area contributed by atoms with Crippen LogP contribution in [0.5, 0.6) is 0 Å². The minimum absolute atomic E-state index is 0.175. The van der Waals surface area contributed by atoms with Gasteiger partial charge in [-0.25, -0.2) is 0 Å². The molecule has 66 valence electrons. The summed E-state index contributed by atoms with van der Waals surface area (Å²) in [6.07, 6.45) is 0.196. The highest BCUT2D eigenvalue weighted by Gasteiger charge is 2.05. The van der Waals surface area contributed by atoms with Crippen LogP contribution in [0.1, 0.15) is 20.3 Å². The molecule has 0 rings (SSSR count). The van der Waals surface area contributed by atoms with Crippen molar-refractivity contribution in [2.75, 3.05) is 6.54 Å². The van der Waals surface area contributed by atoms with E-state index in [2.05, 4.69) is 5.32 Å². The van der Waals surface area contributed by atoms with Crippen molar-refractivity contribution in [3.05, 3.63) is 0 Å². The molecule has 0 radical (unpaired) electrons. The maximum absolute atomic E-state index is 10.8. The van der Waals surface area contributed by atoms with Crippen LogP contribution in [0.15, 0.2) is 0 Å². The minimum atomic E-state index is -0.469. The molecule has 0 unspecified atom stereocenters. The van der Waals surface area contributed by atoms with E-state index in [1.54, 1.807) is 13.8 Å². The van der Waals surface area contributed by atoms with Gasteiger partial charge in [-0.1, -0.05) is 0 Å². The Kier molecular flexibility index (Phi) is 4.81. The van der Waals surface area contributed by atoms with Gasteiger partial charge in [-0.05, 0) is 20.3 Å². The molecule has 0 aromatic rings. The van der Waals surface area contributed by atoms with E-state index in [1.165, 1.54) is 0 Å². The molecule has 0 saturated carbocycles. The Morgan fingerprint density at radius 2 is 2.18 bits per heavy atom. The summed E-state index contributed by atoms with van der Waals surface area (Å²) < 4.78 is 0. The lowest BCUT2D eigenvalue weighted by Gasteiger charge is -2.08. The monoisotopic (exact) mass is 160 g/mol. The Morgan fingerprint density at radius 3 is 2.55 bits per heavy atom. The zero-order chi connectivity index (χ0) is 8.85. The van der Waals surface area contributed by atoms with E-state index in [-0.39, 0.29) is 12.0 Å². The summed E-state index contributed by atoms with van der Waals surface area (Å²) in [4.78, 5) is 10.8. The Balaban J connectivity index is 3.32. The Bertz CT molecular complexity index is 124. The molecule has 0 bridgehead atoms. The number of nitrogens with one attached hydrogen (secondary N) is 1. The fraction of sp³-hybridized carbons (Fsp3) is 0.857. The number of nitrogens with two attached hydrogens (primary N) is 1. The summed E-state index contributed by atoms with van der Waals surface area (Å²) in [6, 6.07) is -0.469. The van der Waals surface area contributed by atoms with Crippen LogP contribution in [0.4, 0.5) is 0 Å². The summed E-state index contributed by atoms with van der Waals surface area (Å²) >= 11 is 0. The second-order valence-electron chi connectivity index (χ2n) is 2.72. The van der Waals surface area contributed by atoms with Crippen LogP contribution in [-0.2, 0) is 4.79 Å². The number of carbonyl (C=O) groups excluding carboxylic acids is 1. The Labute approximate surface area is 66.8 Å². The molecule has 0 saturated heterocycles. The SMILES string of the molecule is C[C@@H](O)CCNC(=O)[C@@H](C)N. The van der Waals surface area contributed by atoms with Crippen LogP contribution in [0.25, 0.3) is 0 Å². The molecule has 0 spiro atoms. The summed E-state index contributed by atoms with van der Waals surface area (Å²) in [6.45, 7) is 3.79. The normalized spacial score (nSPS) is 15.6. The van der Waals surface area contributed by atoms with Gasteiger partial charge in [0.1, 0.15) is 0 Å². The second-order valence-corrected chi connectivity index (χ2v) is 2.72.